The molecule has 4 rings (SSSR count). The number of carbonyl (C=O) groups excluding carboxylic acids is 1. The van der Waals surface area contributed by atoms with E-state index >= 15 is 0 Å². The zero-order chi connectivity index (χ0) is 19.7. The van der Waals surface area contributed by atoms with Gasteiger partial charge in [-0.05, 0) is 24.3 Å². The first-order valence-electron chi connectivity index (χ1n) is 8.24. The molecule has 5 nitrogen and oxygen atoms in total. The number of nitrogens with zero attached hydrogens (tertiary/aromatic N) is 1. The molecule has 2 heterocycles. The van der Waals surface area contributed by atoms with E-state index in [1.807, 2.05) is 0 Å². The molecular weight excluding hydrogens is 393 g/mol. The van der Waals surface area contributed by atoms with Crippen molar-refractivity contribution in [2.75, 3.05) is 18.5 Å². The Bertz CT molecular complexity index is 1030. The molecule has 1 aromatic heterocycles. The fraction of sp³-hybridized carbons (Fsp3) is 0.158. The lowest BCUT2D eigenvalue weighted by Crippen LogP contribution is -2.16. The van der Waals surface area contributed by atoms with Crippen molar-refractivity contribution in [3.63, 3.8) is 0 Å². The van der Waals surface area contributed by atoms with Crippen LogP contribution in [-0.2, 0) is 6.18 Å². The zero-order valence-corrected chi connectivity index (χ0v) is 15.1. The molecule has 0 fully saturated rings. The number of rotatable bonds is 3. The lowest BCUT2D eigenvalue weighted by atomic mass is 10.1. The van der Waals surface area contributed by atoms with Gasteiger partial charge >= 0.3 is 6.18 Å². The number of carbonyl (C=O) groups is 1. The predicted octanol–water partition coefficient (Wildman–Crippen LogP) is 4.85. The van der Waals surface area contributed by atoms with Crippen molar-refractivity contribution in [1.29, 1.82) is 0 Å². The highest BCUT2D eigenvalue weighted by Gasteiger charge is 2.30. The average molecular weight is 406 g/mol. The molecule has 1 aliphatic rings. The number of anilines is 1. The summed E-state index contributed by atoms with van der Waals surface area (Å²) in [5.41, 5.74) is 0.163. The molecule has 0 spiro atoms. The fourth-order valence-electron chi connectivity index (χ4n) is 2.66. The molecule has 2 aromatic carbocycles. The molecule has 0 bridgehead atoms. The van der Waals surface area contributed by atoms with Crippen LogP contribution in [0.5, 0.6) is 11.5 Å². The largest absolute Gasteiger partial charge is 0.486 e. The van der Waals surface area contributed by atoms with Gasteiger partial charge in [0, 0.05) is 22.7 Å². The first-order chi connectivity index (χ1) is 13.4. The summed E-state index contributed by atoms with van der Waals surface area (Å²) in [6.45, 7) is 0.896. The Morgan fingerprint density at radius 3 is 2.64 bits per heavy atom. The number of hydrogen-bond donors (Lipinski definition) is 1. The summed E-state index contributed by atoms with van der Waals surface area (Å²) in [6.07, 6.45) is -4.44. The number of benzene rings is 2. The number of nitrogens with one attached hydrogen (secondary N) is 1. The number of amides is 1. The van der Waals surface area contributed by atoms with E-state index in [-0.39, 0.29) is 5.69 Å². The summed E-state index contributed by atoms with van der Waals surface area (Å²) in [6, 6.07) is 9.86. The lowest BCUT2D eigenvalue weighted by Gasteiger charge is -2.18. The van der Waals surface area contributed by atoms with Crippen LogP contribution in [0.3, 0.4) is 0 Å². The molecule has 0 radical (unpaired) electrons. The Kier molecular flexibility index (Phi) is 4.68. The zero-order valence-electron chi connectivity index (χ0n) is 14.2. The van der Waals surface area contributed by atoms with Gasteiger partial charge in [-0.1, -0.05) is 12.1 Å². The van der Waals surface area contributed by atoms with Crippen LogP contribution in [0.2, 0.25) is 0 Å². The fourth-order valence-corrected chi connectivity index (χ4v) is 3.45. The molecule has 0 saturated heterocycles. The van der Waals surface area contributed by atoms with Crippen LogP contribution in [0.15, 0.2) is 47.8 Å². The highest BCUT2D eigenvalue weighted by atomic mass is 32.1. The molecule has 1 aliphatic heterocycles. The van der Waals surface area contributed by atoms with E-state index in [1.54, 1.807) is 18.2 Å². The van der Waals surface area contributed by atoms with Gasteiger partial charge in [-0.2, -0.15) is 13.2 Å². The van der Waals surface area contributed by atoms with Crippen molar-refractivity contribution in [3.8, 4) is 22.1 Å². The Morgan fingerprint density at radius 1 is 1.07 bits per heavy atom. The van der Waals surface area contributed by atoms with Crippen LogP contribution in [0, 0.1) is 0 Å². The number of alkyl halides is 3. The molecule has 0 saturated carbocycles. The van der Waals surface area contributed by atoms with E-state index in [9.17, 15) is 18.0 Å². The molecule has 0 atom stereocenters. The quantitative estimate of drug-likeness (QED) is 0.675. The van der Waals surface area contributed by atoms with Gasteiger partial charge in [0.2, 0.25) is 0 Å². The number of ether oxygens (including phenoxy) is 2. The first kappa shape index (κ1) is 18.3. The van der Waals surface area contributed by atoms with Gasteiger partial charge < -0.3 is 14.8 Å². The lowest BCUT2D eigenvalue weighted by molar-refractivity contribution is -0.137. The summed E-state index contributed by atoms with van der Waals surface area (Å²) < 4.78 is 49.5. The van der Waals surface area contributed by atoms with Crippen molar-refractivity contribution >= 4 is 22.9 Å². The van der Waals surface area contributed by atoms with Crippen molar-refractivity contribution in [2.24, 2.45) is 0 Å². The SMILES string of the molecule is O=C(Nc1ccc2c(c1)OCCO2)c1csc(-c2cccc(C(F)(F)F)c2)n1. The minimum Gasteiger partial charge on any atom is -0.486 e. The first-order valence-corrected chi connectivity index (χ1v) is 9.12. The van der Waals surface area contributed by atoms with Crippen LogP contribution in [0.1, 0.15) is 16.1 Å². The van der Waals surface area contributed by atoms with Crippen molar-refractivity contribution in [3.05, 3.63) is 59.1 Å². The second-order valence-corrected chi connectivity index (χ2v) is 6.79. The summed E-state index contributed by atoms with van der Waals surface area (Å²) in [7, 11) is 0. The maximum Gasteiger partial charge on any atom is 0.416 e. The standard InChI is InChI=1S/C19H13F3N2O3S/c20-19(21,22)12-3-1-2-11(8-12)18-24-14(10-28-18)17(25)23-13-4-5-15-16(9-13)27-7-6-26-15/h1-5,8-10H,6-7H2,(H,23,25). The van der Waals surface area contributed by atoms with Gasteiger partial charge in [0.15, 0.2) is 11.5 Å². The van der Waals surface area contributed by atoms with E-state index in [4.69, 9.17) is 9.47 Å². The molecule has 0 aliphatic carbocycles. The number of halogens is 3. The van der Waals surface area contributed by atoms with E-state index in [1.165, 1.54) is 17.5 Å². The van der Waals surface area contributed by atoms with Crippen molar-refractivity contribution in [2.45, 2.75) is 6.18 Å². The molecule has 1 N–H and O–H groups in total. The van der Waals surface area contributed by atoms with Gasteiger partial charge in [0.05, 0.1) is 5.56 Å². The monoisotopic (exact) mass is 406 g/mol. The summed E-state index contributed by atoms with van der Waals surface area (Å²) >= 11 is 1.10. The highest BCUT2D eigenvalue weighted by molar-refractivity contribution is 7.13. The molecule has 1 amide bonds. The second kappa shape index (κ2) is 7.16. The van der Waals surface area contributed by atoms with Crippen LogP contribution in [0.4, 0.5) is 18.9 Å². The Labute approximate surface area is 161 Å². The number of fused-ring (bicyclic) bond motifs is 1. The molecule has 144 valence electrons. The third-order valence-electron chi connectivity index (χ3n) is 3.97. The van der Waals surface area contributed by atoms with Gasteiger partial charge in [0.25, 0.3) is 5.91 Å². The maximum atomic E-state index is 12.9. The number of aromatic nitrogens is 1. The van der Waals surface area contributed by atoms with Crippen LogP contribution in [-0.4, -0.2) is 24.1 Å². The minimum atomic E-state index is -4.44. The van der Waals surface area contributed by atoms with Gasteiger partial charge in [-0.25, -0.2) is 4.98 Å². The number of hydrogen-bond acceptors (Lipinski definition) is 5. The van der Waals surface area contributed by atoms with E-state index in [0.29, 0.717) is 41.0 Å². The maximum absolute atomic E-state index is 12.9. The third-order valence-corrected chi connectivity index (χ3v) is 4.87. The third kappa shape index (κ3) is 3.79. The summed E-state index contributed by atoms with van der Waals surface area (Å²) in [5.74, 6) is 0.669. The molecule has 9 heteroatoms. The van der Waals surface area contributed by atoms with Crippen molar-refractivity contribution in [1.82, 2.24) is 4.98 Å². The van der Waals surface area contributed by atoms with E-state index < -0.39 is 17.6 Å². The van der Waals surface area contributed by atoms with Gasteiger partial charge in [0.1, 0.15) is 23.9 Å². The Hall–Kier alpha value is -3.07. The summed E-state index contributed by atoms with van der Waals surface area (Å²) in [4.78, 5) is 16.6. The number of thiazole rings is 1. The van der Waals surface area contributed by atoms with Crippen molar-refractivity contribution < 1.29 is 27.4 Å². The smallest absolute Gasteiger partial charge is 0.416 e. The molecule has 3 aromatic rings. The van der Waals surface area contributed by atoms with Crippen LogP contribution < -0.4 is 14.8 Å². The molecular formula is C19H13F3N2O3S. The van der Waals surface area contributed by atoms with Crippen LogP contribution in [0.25, 0.3) is 10.6 Å². The second-order valence-electron chi connectivity index (χ2n) is 5.93. The topological polar surface area (TPSA) is 60.5 Å². The highest BCUT2D eigenvalue weighted by Crippen LogP contribution is 2.34. The normalized spacial score (nSPS) is 13.2. The van der Waals surface area contributed by atoms with E-state index in [2.05, 4.69) is 10.3 Å². The summed E-state index contributed by atoms with van der Waals surface area (Å²) in [5, 5.41) is 4.53. The molecule has 28 heavy (non-hydrogen) atoms. The Morgan fingerprint density at radius 2 is 1.86 bits per heavy atom. The van der Waals surface area contributed by atoms with Gasteiger partial charge in [-0.15, -0.1) is 11.3 Å². The average Bonchev–Trinajstić information content (AvgIpc) is 3.18. The Balaban J connectivity index is 1.52. The van der Waals surface area contributed by atoms with Crippen LogP contribution >= 0.6 is 11.3 Å². The van der Waals surface area contributed by atoms with E-state index in [0.717, 1.165) is 23.5 Å². The minimum absolute atomic E-state index is 0.118. The predicted molar refractivity (Wildman–Crippen MR) is 97.9 cm³/mol. The van der Waals surface area contributed by atoms with Gasteiger partial charge in [-0.3, -0.25) is 4.79 Å². The molecule has 0 unspecified atom stereocenters.